The van der Waals surface area contributed by atoms with Crippen molar-refractivity contribution in [3.05, 3.63) is 0 Å². The Morgan fingerprint density at radius 1 is 0.933 bits per heavy atom. The van der Waals surface area contributed by atoms with Gasteiger partial charge in [0.2, 0.25) is 5.60 Å². The predicted molar refractivity (Wildman–Crippen MR) is 115 cm³/mol. The summed E-state index contributed by atoms with van der Waals surface area (Å²) < 4.78 is 6.15. The average molecular weight is 418 g/mol. The molecule has 0 aromatic rings. The monoisotopic (exact) mass is 417 g/mol. The molecule has 0 heterocycles. The van der Waals surface area contributed by atoms with E-state index in [1.54, 1.807) is 27.7 Å². The first-order valence-electron chi connectivity index (χ1n) is 11.7. The Bertz CT molecular complexity index is 732. The van der Waals surface area contributed by atoms with E-state index < -0.39 is 22.0 Å². The van der Waals surface area contributed by atoms with Crippen molar-refractivity contribution in [3.8, 4) is 0 Å². The molecule has 5 heteroatoms. The highest BCUT2D eigenvalue weighted by Crippen LogP contribution is 2.63. The highest BCUT2D eigenvalue weighted by molar-refractivity contribution is 6.11. The number of amides is 1. The van der Waals surface area contributed by atoms with Crippen LogP contribution in [0.25, 0.3) is 0 Å². The van der Waals surface area contributed by atoms with Crippen LogP contribution in [0.5, 0.6) is 0 Å². The highest BCUT2D eigenvalue weighted by atomic mass is 16.6. The van der Waals surface area contributed by atoms with Gasteiger partial charge >= 0.3 is 5.97 Å². The van der Waals surface area contributed by atoms with Gasteiger partial charge in [-0.3, -0.25) is 14.4 Å². The van der Waals surface area contributed by atoms with E-state index in [1.165, 1.54) is 19.3 Å². The maximum Gasteiger partial charge on any atom is 0.307 e. The van der Waals surface area contributed by atoms with Crippen LogP contribution in [0, 0.1) is 34.0 Å². The molecule has 0 spiro atoms. The van der Waals surface area contributed by atoms with Crippen LogP contribution in [0.1, 0.15) is 93.4 Å². The molecule has 5 aliphatic rings. The first-order chi connectivity index (χ1) is 13.6. The van der Waals surface area contributed by atoms with Gasteiger partial charge in [-0.05, 0) is 110 Å². The number of carbonyl (C=O) groups excluding carboxylic acids is 3. The quantitative estimate of drug-likeness (QED) is 0.687. The topological polar surface area (TPSA) is 72.5 Å². The lowest BCUT2D eigenvalue weighted by Crippen LogP contribution is -2.81. The lowest BCUT2D eigenvalue weighted by molar-refractivity contribution is -0.239. The van der Waals surface area contributed by atoms with Crippen molar-refractivity contribution in [2.45, 2.75) is 105 Å². The van der Waals surface area contributed by atoms with E-state index in [4.69, 9.17) is 4.74 Å². The third kappa shape index (κ3) is 2.97. The van der Waals surface area contributed by atoms with E-state index in [9.17, 15) is 14.4 Å². The van der Waals surface area contributed by atoms with Crippen molar-refractivity contribution in [2.24, 2.45) is 34.0 Å². The van der Waals surface area contributed by atoms with Crippen LogP contribution in [0.15, 0.2) is 0 Å². The molecule has 0 aromatic heterocycles. The van der Waals surface area contributed by atoms with Gasteiger partial charge in [-0.15, -0.1) is 0 Å². The zero-order chi connectivity index (χ0) is 22.3. The summed E-state index contributed by atoms with van der Waals surface area (Å²) in [6.45, 7) is 12.6. The summed E-state index contributed by atoms with van der Waals surface area (Å²) in [6, 6.07) is 0. The highest BCUT2D eigenvalue weighted by Gasteiger charge is 2.79. The molecule has 5 nitrogen and oxygen atoms in total. The third-order valence-electron chi connectivity index (χ3n) is 8.66. The van der Waals surface area contributed by atoms with Crippen molar-refractivity contribution in [1.82, 2.24) is 5.32 Å². The Hall–Kier alpha value is -1.39. The molecule has 168 valence electrons. The molecule has 0 radical (unpaired) electrons. The number of hydrogen-bond donors (Lipinski definition) is 1. The van der Waals surface area contributed by atoms with Crippen LogP contribution in [0.3, 0.4) is 0 Å². The Morgan fingerprint density at radius 3 is 1.77 bits per heavy atom. The summed E-state index contributed by atoms with van der Waals surface area (Å²) in [5, 5.41) is 2.99. The Labute approximate surface area is 181 Å². The number of Topliss-reactive ketones (excluding diaryl/α,β-unsaturated/α-hetero) is 1. The number of esters is 1. The number of nitrogens with one attached hydrogen (secondary N) is 1. The number of ketones is 1. The fourth-order valence-corrected chi connectivity index (χ4v) is 8.14. The molecule has 1 amide bonds. The largest absolute Gasteiger partial charge is 0.447 e. The molecule has 0 aliphatic heterocycles. The number of rotatable bonds is 4. The molecule has 0 aromatic carbocycles. The van der Waals surface area contributed by atoms with Gasteiger partial charge in [0.1, 0.15) is 0 Å². The lowest BCUT2D eigenvalue weighted by Gasteiger charge is -2.62. The van der Waals surface area contributed by atoms with E-state index in [0.717, 1.165) is 37.0 Å². The van der Waals surface area contributed by atoms with E-state index >= 15 is 0 Å². The number of carbonyl (C=O) groups is 3. The van der Waals surface area contributed by atoms with E-state index in [1.807, 2.05) is 20.8 Å². The Kier molecular flexibility index (Phi) is 4.60. The summed E-state index contributed by atoms with van der Waals surface area (Å²) in [5.74, 6) is 1.54. The van der Waals surface area contributed by atoms with Crippen LogP contribution in [0.2, 0.25) is 0 Å². The average Bonchev–Trinajstić information content (AvgIpc) is 2.54. The zero-order valence-corrected chi connectivity index (χ0v) is 19.8. The van der Waals surface area contributed by atoms with Crippen molar-refractivity contribution in [2.75, 3.05) is 0 Å². The minimum absolute atomic E-state index is 0.0373. The van der Waals surface area contributed by atoms with E-state index in [2.05, 4.69) is 5.32 Å². The van der Waals surface area contributed by atoms with Gasteiger partial charge in [0.05, 0.1) is 17.3 Å². The Morgan fingerprint density at radius 2 is 1.37 bits per heavy atom. The smallest absolute Gasteiger partial charge is 0.307 e. The minimum atomic E-state index is -1.48. The summed E-state index contributed by atoms with van der Waals surface area (Å²) in [7, 11) is 0. The van der Waals surface area contributed by atoms with Crippen LogP contribution >= 0.6 is 0 Å². The van der Waals surface area contributed by atoms with Crippen molar-refractivity contribution in [1.29, 1.82) is 0 Å². The maximum absolute atomic E-state index is 13.5. The molecule has 4 bridgehead atoms. The second kappa shape index (κ2) is 6.32. The zero-order valence-electron chi connectivity index (χ0n) is 19.8. The summed E-state index contributed by atoms with van der Waals surface area (Å²) >= 11 is 0. The van der Waals surface area contributed by atoms with Crippen LogP contribution in [0.4, 0.5) is 0 Å². The minimum Gasteiger partial charge on any atom is -0.447 e. The molecule has 5 rings (SSSR count). The van der Waals surface area contributed by atoms with Crippen molar-refractivity contribution in [3.63, 3.8) is 0 Å². The summed E-state index contributed by atoms with van der Waals surface area (Å²) in [5.41, 5.74) is -4.04. The first kappa shape index (κ1) is 21.8. The molecule has 0 saturated heterocycles. The van der Waals surface area contributed by atoms with Crippen molar-refractivity contribution < 1.29 is 19.1 Å². The van der Waals surface area contributed by atoms with E-state index in [0.29, 0.717) is 6.42 Å². The second-order valence-electron chi connectivity index (χ2n) is 13.0. The van der Waals surface area contributed by atoms with Crippen LogP contribution in [-0.2, 0) is 19.1 Å². The first-order valence-corrected chi connectivity index (χ1v) is 11.7. The number of hydrogen-bond acceptors (Lipinski definition) is 4. The fraction of sp³-hybridized carbons (Fsp3) is 0.880. The third-order valence-corrected chi connectivity index (χ3v) is 8.66. The molecule has 5 saturated carbocycles. The SMILES string of the molecule is CC(C)(C)NC(=O)C1(OC(=O)CC23CC4CC(CC(C4)C2)C3)C(C)(C)C(=O)C1(C)C. The van der Waals surface area contributed by atoms with Crippen molar-refractivity contribution >= 4 is 17.7 Å². The van der Waals surface area contributed by atoms with Gasteiger partial charge in [0.25, 0.3) is 5.91 Å². The predicted octanol–water partition coefficient (Wildman–Crippen LogP) is 4.42. The van der Waals surface area contributed by atoms with Gasteiger partial charge < -0.3 is 10.1 Å². The van der Waals surface area contributed by atoms with Crippen LogP contribution < -0.4 is 5.32 Å². The molecular formula is C25H39NO4. The van der Waals surface area contributed by atoms with Gasteiger partial charge in [-0.2, -0.15) is 0 Å². The van der Waals surface area contributed by atoms with Gasteiger partial charge in [0.15, 0.2) is 5.78 Å². The fourth-order valence-electron chi connectivity index (χ4n) is 8.14. The Balaban J connectivity index is 1.59. The molecule has 30 heavy (non-hydrogen) atoms. The van der Waals surface area contributed by atoms with Gasteiger partial charge in [-0.1, -0.05) is 0 Å². The van der Waals surface area contributed by atoms with Gasteiger partial charge in [0, 0.05) is 5.54 Å². The summed E-state index contributed by atoms with van der Waals surface area (Å²) in [6.07, 6.45) is 7.67. The van der Waals surface area contributed by atoms with Gasteiger partial charge in [-0.25, -0.2) is 0 Å². The lowest BCUT2D eigenvalue weighted by atomic mass is 9.43. The molecule has 0 unspecified atom stereocenters. The van der Waals surface area contributed by atoms with Crippen LogP contribution in [-0.4, -0.2) is 28.8 Å². The molecule has 5 fully saturated rings. The molecule has 1 N–H and O–H groups in total. The molecular weight excluding hydrogens is 378 g/mol. The van der Waals surface area contributed by atoms with E-state index in [-0.39, 0.29) is 23.1 Å². The molecule has 0 atom stereocenters. The standard InChI is InChI=1S/C25H39NO4/c1-21(2,3)26-20(29)25(22(4,5)19(28)23(25,6)7)30-18(27)14-24-11-15-8-16(12-24)10-17(9-15)13-24/h15-17H,8-14H2,1-7H3,(H,26,29). The maximum atomic E-state index is 13.5. The summed E-state index contributed by atoms with van der Waals surface area (Å²) in [4.78, 5) is 39.8. The number of ether oxygens (including phenoxy) is 1. The molecule has 5 aliphatic carbocycles. The normalized spacial score (nSPS) is 37.4. The second-order valence-corrected chi connectivity index (χ2v) is 13.0.